The Morgan fingerprint density at radius 2 is 1.92 bits per heavy atom. The fraction of sp³-hybridized carbons (Fsp3) is 0.231. The van der Waals surface area contributed by atoms with Gasteiger partial charge in [0.25, 0.3) is 0 Å². The molecule has 0 aliphatic carbocycles. The molecule has 0 saturated heterocycles. The van der Waals surface area contributed by atoms with Crippen LogP contribution in [0.3, 0.4) is 0 Å². The van der Waals surface area contributed by atoms with E-state index in [1.54, 1.807) is 0 Å². The standard InChI is InChI=1S/C13H12/c1-5-7-12-9-10(3)8-11(4)13(12)6-2/h1-2,8-9H,7H2,3-4H3. The summed E-state index contributed by atoms with van der Waals surface area (Å²) in [5.74, 6) is 5.30. The summed E-state index contributed by atoms with van der Waals surface area (Å²) < 4.78 is 0. The third-order valence-corrected chi connectivity index (χ3v) is 2.00. The number of benzene rings is 1. The monoisotopic (exact) mass is 168 g/mol. The second kappa shape index (κ2) is 3.83. The van der Waals surface area contributed by atoms with Gasteiger partial charge in [-0.05, 0) is 25.0 Å². The fourth-order valence-electron chi connectivity index (χ4n) is 1.51. The Kier molecular flexibility index (Phi) is 2.78. The van der Waals surface area contributed by atoms with Gasteiger partial charge in [-0.3, -0.25) is 0 Å². The van der Waals surface area contributed by atoms with Gasteiger partial charge in [0.2, 0.25) is 0 Å². The molecule has 0 nitrogen and oxygen atoms in total. The first-order chi connectivity index (χ1) is 6.19. The average molecular weight is 168 g/mol. The maximum absolute atomic E-state index is 5.41. The highest BCUT2D eigenvalue weighted by Gasteiger charge is 2.02. The largest absolute Gasteiger partial charge is 0.120 e. The molecule has 64 valence electrons. The minimum absolute atomic E-state index is 0.613. The summed E-state index contributed by atoms with van der Waals surface area (Å²) in [6, 6.07) is 4.14. The van der Waals surface area contributed by atoms with Crippen LogP contribution in [-0.4, -0.2) is 0 Å². The molecule has 0 N–H and O–H groups in total. The Hall–Kier alpha value is -1.66. The molecule has 0 amide bonds. The first kappa shape index (κ1) is 9.43. The summed E-state index contributed by atoms with van der Waals surface area (Å²) in [4.78, 5) is 0. The van der Waals surface area contributed by atoms with Gasteiger partial charge in [-0.2, -0.15) is 0 Å². The summed E-state index contributed by atoms with van der Waals surface area (Å²) in [6.07, 6.45) is 11.3. The molecule has 0 aromatic heterocycles. The summed E-state index contributed by atoms with van der Waals surface area (Å²) in [6.45, 7) is 4.07. The zero-order valence-corrected chi connectivity index (χ0v) is 8.02. The average Bonchev–Trinajstić information content (AvgIpc) is 2.04. The van der Waals surface area contributed by atoms with Crippen molar-refractivity contribution < 1.29 is 0 Å². The highest BCUT2D eigenvalue weighted by Crippen LogP contribution is 2.16. The quantitative estimate of drug-likeness (QED) is 0.565. The van der Waals surface area contributed by atoms with Gasteiger partial charge in [0.05, 0.1) is 0 Å². The van der Waals surface area contributed by atoms with E-state index in [9.17, 15) is 0 Å². The second-order valence-corrected chi connectivity index (χ2v) is 3.14. The van der Waals surface area contributed by atoms with Crippen molar-refractivity contribution in [1.82, 2.24) is 0 Å². The van der Waals surface area contributed by atoms with Crippen LogP contribution in [0.15, 0.2) is 12.1 Å². The number of terminal acetylenes is 2. The molecule has 0 aliphatic heterocycles. The molecule has 1 rings (SSSR count). The van der Waals surface area contributed by atoms with E-state index in [2.05, 4.69) is 24.0 Å². The van der Waals surface area contributed by atoms with E-state index in [0.717, 1.165) is 16.7 Å². The van der Waals surface area contributed by atoms with Crippen LogP contribution in [0.25, 0.3) is 0 Å². The Bertz CT molecular complexity index is 397. The van der Waals surface area contributed by atoms with E-state index in [-0.39, 0.29) is 0 Å². The Labute approximate surface area is 80.0 Å². The van der Waals surface area contributed by atoms with Gasteiger partial charge in [0.15, 0.2) is 0 Å². The first-order valence-corrected chi connectivity index (χ1v) is 4.19. The number of hydrogen-bond donors (Lipinski definition) is 0. The third-order valence-electron chi connectivity index (χ3n) is 2.00. The van der Waals surface area contributed by atoms with Crippen molar-refractivity contribution in [2.75, 3.05) is 0 Å². The summed E-state index contributed by atoms with van der Waals surface area (Å²) in [5.41, 5.74) is 4.38. The Morgan fingerprint density at radius 3 is 2.46 bits per heavy atom. The molecule has 0 saturated carbocycles. The number of aryl methyl sites for hydroxylation is 2. The molecule has 0 atom stereocenters. The van der Waals surface area contributed by atoms with Gasteiger partial charge in [0, 0.05) is 12.0 Å². The maximum Gasteiger partial charge on any atom is 0.0350 e. The molecule has 0 fully saturated rings. The van der Waals surface area contributed by atoms with E-state index in [1.165, 1.54) is 5.56 Å². The number of rotatable bonds is 1. The number of hydrogen-bond acceptors (Lipinski definition) is 0. The lowest BCUT2D eigenvalue weighted by atomic mass is 9.97. The van der Waals surface area contributed by atoms with Crippen molar-refractivity contribution in [1.29, 1.82) is 0 Å². The van der Waals surface area contributed by atoms with E-state index in [0.29, 0.717) is 6.42 Å². The molecule has 0 unspecified atom stereocenters. The maximum atomic E-state index is 5.41. The smallest absolute Gasteiger partial charge is 0.0350 e. The second-order valence-electron chi connectivity index (χ2n) is 3.14. The van der Waals surface area contributed by atoms with Crippen LogP contribution in [0.1, 0.15) is 22.3 Å². The van der Waals surface area contributed by atoms with Crippen LogP contribution >= 0.6 is 0 Å². The minimum atomic E-state index is 0.613. The molecule has 0 spiro atoms. The predicted octanol–water partition coefficient (Wildman–Crippen LogP) is 2.46. The molecule has 13 heavy (non-hydrogen) atoms. The van der Waals surface area contributed by atoms with Gasteiger partial charge in [-0.25, -0.2) is 0 Å². The van der Waals surface area contributed by atoms with Crippen molar-refractivity contribution in [2.45, 2.75) is 20.3 Å². The predicted molar refractivity (Wildman–Crippen MR) is 56.4 cm³/mol. The fourth-order valence-corrected chi connectivity index (χ4v) is 1.51. The summed E-state index contributed by atoms with van der Waals surface area (Å²) in [7, 11) is 0. The Balaban J connectivity index is 3.33. The van der Waals surface area contributed by atoms with E-state index in [4.69, 9.17) is 12.8 Å². The van der Waals surface area contributed by atoms with Crippen LogP contribution in [0.5, 0.6) is 0 Å². The summed E-state index contributed by atoms with van der Waals surface area (Å²) in [5, 5.41) is 0. The lowest BCUT2D eigenvalue weighted by Gasteiger charge is -2.06. The molecular formula is C13H12. The van der Waals surface area contributed by atoms with Crippen LogP contribution in [-0.2, 0) is 6.42 Å². The van der Waals surface area contributed by atoms with Crippen LogP contribution in [0.4, 0.5) is 0 Å². The molecule has 0 heteroatoms. The van der Waals surface area contributed by atoms with E-state index in [1.807, 2.05) is 13.8 Å². The van der Waals surface area contributed by atoms with Crippen molar-refractivity contribution in [2.24, 2.45) is 0 Å². The Morgan fingerprint density at radius 1 is 1.23 bits per heavy atom. The van der Waals surface area contributed by atoms with Crippen LogP contribution in [0.2, 0.25) is 0 Å². The zero-order valence-electron chi connectivity index (χ0n) is 8.02. The van der Waals surface area contributed by atoms with E-state index < -0.39 is 0 Å². The van der Waals surface area contributed by atoms with Crippen molar-refractivity contribution in [3.05, 3.63) is 34.4 Å². The van der Waals surface area contributed by atoms with Gasteiger partial charge < -0.3 is 0 Å². The zero-order chi connectivity index (χ0) is 9.84. The molecule has 0 bridgehead atoms. The molecule has 1 aromatic rings. The highest BCUT2D eigenvalue weighted by atomic mass is 14.1. The molecular weight excluding hydrogens is 156 g/mol. The topological polar surface area (TPSA) is 0 Å². The lowest BCUT2D eigenvalue weighted by Crippen LogP contribution is -1.93. The highest BCUT2D eigenvalue weighted by molar-refractivity contribution is 5.48. The van der Waals surface area contributed by atoms with E-state index >= 15 is 0 Å². The molecule has 0 radical (unpaired) electrons. The third kappa shape index (κ3) is 1.92. The SMILES string of the molecule is C#CCc1cc(C)cc(C)c1C#C. The molecule has 1 aromatic carbocycles. The molecule has 0 heterocycles. The van der Waals surface area contributed by atoms with Gasteiger partial charge in [0.1, 0.15) is 0 Å². The van der Waals surface area contributed by atoms with Gasteiger partial charge in [-0.15, -0.1) is 18.8 Å². The van der Waals surface area contributed by atoms with Crippen molar-refractivity contribution in [3.63, 3.8) is 0 Å². The minimum Gasteiger partial charge on any atom is -0.120 e. The van der Waals surface area contributed by atoms with Crippen LogP contribution in [0, 0.1) is 38.5 Å². The molecule has 0 aliphatic rings. The van der Waals surface area contributed by atoms with Crippen molar-refractivity contribution >= 4 is 0 Å². The van der Waals surface area contributed by atoms with Gasteiger partial charge in [-0.1, -0.05) is 23.6 Å². The normalized spacial score (nSPS) is 8.92. The van der Waals surface area contributed by atoms with Crippen molar-refractivity contribution in [3.8, 4) is 24.7 Å². The lowest BCUT2D eigenvalue weighted by molar-refractivity contribution is 1.23. The summed E-state index contributed by atoms with van der Waals surface area (Å²) >= 11 is 0. The van der Waals surface area contributed by atoms with Gasteiger partial charge >= 0.3 is 0 Å². The first-order valence-electron chi connectivity index (χ1n) is 4.19. The van der Waals surface area contributed by atoms with Crippen LogP contribution < -0.4 is 0 Å².